The molecule has 0 radical (unpaired) electrons. The van der Waals surface area contributed by atoms with Gasteiger partial charge >= 0.3 is 5.97 Å². The number of ether oxygens (including phenoxy) is 1. The van der Waals surface area contributed by atoms with Crippen molar-refractivity contribution < 1.29 is 19.1 Å². The number of aliphatic hydroxyl groups is 1. The van der Waals surface area contributed by atoms with E-state index in [1.807, 2.05) is 37.3 Å². The summed E-state index contributed by atoms with van der Waals surface area (Å²) in [6, 6.07) is 11.1. The van der Waals surface area contributed by atoms with Crippen LogP contribution in [0.4, 0.5) is 0 Å². The number of hydrogen-bond acceptors (Lipinski definition) is 5. The molecule has 1 atom stereocenters. The smallest absolute Gasteiger partial charge is 0.341 e. The van der Waals surface area contributed by atoms with Crippen LogP contribution in [0.1, 0.15) is 41.3 Å². The number of methoxy groups -OCH3 is 1. The molecule has 0 aliphatic heterocycles. The number of carbonyl (C=O) groups is 1. The molecule has 0 aliphatic rings. The molecular weight excluding hydrogens is 346 g/mol. The lowest BCUT2D eigenvalue weighted by Gasteiger charge is -2.25. The Labute approximate surface area is 159 Å². The summed E-state index contributed by atoms with van der Waals surface area (Å²) in [5.74, 6) is 1.16. The highest BCUT2D eigenvalue weighted by molar-refractivity contribution is 5.90. The Bertz CT molecular complexity index is 782. The van der Waals surface area contributed by atoms with Crippen LogP contribution in [0.15, 0.2) is 45.8 Å². The van der Waals surface area contributed by atoms with Gasteiger partial charge < -0.3 is 24.9 Å². The Morgan fingerprint density at radius 1 is 1.30 bits per heavy atom. The zero-order valence-electron chi connectivity index (χ0n) is 16.2. The first-order chi connectivity index (χ1) is 12.9. The maximum atomic E-state index is 11.7. The summed E-state index contributed by atoms with van der Waals surface area (Å²) in [6.07, 6.45) is 0. The van der Waals surface area contributed by atoms with Gasteiger partial charge in [-0.25, -0.2) is 9.79 Å². The zero-order chi connectivity index (χ0) is 19.9. The first-order valence-electron chi connectivity index (χ1n) is 8.85. The molecule has 7 nitrogen and oxygen atoms in total. The summed E-state index contributed by atoms with van der Waals surface area (Å²) >= 11 is 0. The average Bonchev–Trinajstić information content (AvgIpc) is 3.04. The molecule has 0 fully saturated rings. The second kappa shape index (κ2) is 9.23. The van der Waals surface area contributed by atoms with Crippen LogP contribution < -0.4 is 10.6 Å². The van der Waals surface area contributed by atoms with Crippen molar-refractivity contribution in [2.45, 2.75) is 32.9 Å². The lowest BCUT2D eigenvalue weighted by molar-refractivity contribution is 0.0597. The minimum atomic E-state index is -1.04. The molecule has 1 unspecified atom stereocenters. The fourth-order valence-electron chi connectivity index (χ4n) is 2.59. The minimum absolute atomic E-state index is 0.251. The summed E-state index contributed by atoms with van der Waals surface area (Å²) < 4.78 is 10.3. The molecule has 27 heavy (non-hydrogen) atoms. The lowest BCUT2D eigenvalue weighted by Crippen LogP contribution is -2.44. The second-order valence-electron chi connectivity index (χ2n) is 6.36. The van der Waals surface area contributed by atoms with E-state index in [4.69, 9.17) is 9.15 Å². The summed E-state index contributed by atoms with van der Waals surface area (Å²) in [4.78, 5) is 16.1. The third-order valence-corrected chi connectivity index (χ3v) is 4.11. The quantitative estimate of drug-likeness (QED) is 0.392. The standard InChI is InChI=1S/C20H27N3O4/c1-5-21-19(23-13-20(3,25)15-9-7-6-8-10-15)22-12-16-11-17(14(2)27-16)18(24)26-4/h6-11,25H,5,12-13H2,1-4H3,(H2,21,22,23). The van der Waals surface area contributed by atoms with Crippen molar-refractivity contribution in [2.24, 2.45) is 4.99 Å². The third-order valence-electron chi connectivity index (χ3n) is 4.11. The molecule has 0 amide bonds. The molecule has 0 bridgehead atoms. The molecule has 1 aromatic heterocycles. The number of benzene rings is 1. The second-order valence-corrected chi connectivity index (χ2v) is 6.36. The highest BCUT2D eigenvalue weighted by atomic mass is 16.5. The Kier molecular flexibility index (Phi) is 7.01. The molecular formula is C20H27N3O4. The van der Waals surface area contributed by atoms with Crippen molar-refractivity contribution in [1.29, 1.82) is 0 Å². The van der Waals surface area contributed by atoms with E-state index in [1.165, 1.54) is 7.11 Å². The van der Waals surface area contributed by atoms with Gasteiger partial charge in [0.25, 0.3) is 0 Å². The number of aliphatic imine (C=N–C) groups is 1. The normalized spacial score (nSPS) is 13.7. The summed E-state index contributed by atoms with van der Waals surface area (Å²) in [7, 11) is 1.33. The molecule has 1 aromatic carbocycles. The van der Waals surface area contributed by atoms with Gasteiger partial charge in [0.2, 0.25) is 0 Å². The van der Waals surface area contributed by atoms with Crippen molar-refractivity contribution in [1.82, 2.24) is 10.6 Å². The van der Waals surface area contributed by atoms with Crippen LogP contribution in [0.3, 0.4) is 0 Å². The van der Waals surface area contributed by atoms with E-state index in [2.05, 4.69) is 15.6 Å². The van der Waals surface area contributed by atoms with Crippen LogP contribution in [0.2, 0.25) is 0 Å². The van der Waals surface area contributed by atoms with E-state index >= 15 is 0 Å². The van der Waals surface area contributed by atoms with Gasteiger partial charge in [0, 0.05) is 6.54 Å². The molecule has 3 N–H and O–H groups in total. The van der Waals surface area contributed by atoms with Gasteiger partial charge in [-0.05, 0) is 32.4 Å². The molecule has 2 aromatic rings. The molecule has 0 saturated heterocycles. The fraction of sp³-hybridized carbons (Fsp3) is 0.400. The minimum Gasteiger partial charge on any atom is -0.465 e. The molecule has 0 spiro atoms. The van der Waals surface area contributed by atoms with Crippen LogP contribution in [0.5, 0.6) is 0 Å². The number of guanidine groups is 1. The monoisotopic (exact) mass is 373 g/mol. The van der Waals surface area contributed by atoms with Gasteiger partial charge in [0.15, 0.2) is 5.96 Å². The van der Waals surface area contributed by atoms with Gasteiger partial charge in [0.05, 0.1) is 13.7 Å². The predicted octanol–water partition coefficient (Wildman–Crippen LogP) is 2.34. The number of carbonyl (C=O) groups excluding carboxylic acids is 1. The Balaban J connectivity index is 2.05. The molecule has 2 rings (SSSR count). The lowest BCUT2D eigenvalue weighted by atomic mass is 9.96. The summed E-state index contributed by atoms with van der Waals surface area (Å²) in [5.41, 5.74) is 0.168. The van der Waals surface area contributed by atoms with Gasteiger partial charge in [-0.15, -0.1) is 0 Å². The SMILES string of the molecule is CCNC(=NCc1cc(C(=O)OC)c(C)o1)NCC(C)(O)c1ccccc1. The Hall–Kier alpha value is -2.80. The Morgan fingerprint density at radius 3 is 2.63 bits per heavy atom. The molecule has 0 aliphatic carbocycles. The van der Waals surface area contributed by atoms with Crippen molar-refractivity contribution in [3.8, 4) is 0 Å². The van der Waals surface area contributed by atoms with Gasteiger partial charge in [-0.2, -0.15) is 0 Å². The molecule has 7 heteroatoms. The highest BCUT2D eigenvalue weighted by Crippen LogP contribution is 2.19. The van der Waals surface area contributed by atoms with E-state index in [0.717, 1.165) is 5.56 Å². The van der Waals surface area contributed by atoms with E-state index in [1.54, 1.807) is 19.9 Å². The van der Waals surface area contributed by atoms with Gasteiger partial charge in [0.1, 0.15) is 29.2 Å². The highest BCUT2D eigenvalue weighted by Gasteiger charge is 2.23. The number of rotatable bonds is 7. The maximum Gasteiger partial charge on any atom is 0.341 e. The van der Waals surface area contributed by atoms with Gasteiger partial charge in [-0.3, -0.25) is 0 Å². The summed E-state index contributed by atoms with van der Waals surface area (Å²) in [6.45, 7) is 6.62. The molecule has 146 valence electrons. The van der Waals surface area contributed by atoms with Crippen LogP contribution in [0.25, 0.3) is 0 Å². The van der Waals surface area contributed by atoms with E-state index in [9.17, 15) is 9.90 Å². The van der Waals surface area contributed by atoms with E-state index in [-0.39, 0.29) is 13.1 Å². The van der Waals surface area contributed by atoms with Crippen molar-refractivity contribution >= 4 is 11.9 Å². The number of furan rings is 1. The van der Waals surface area contributed by atoms with Crippen molar-refractivity contribution in [3.63, 3.8) is 0 Å². The van der Waals surface area contributed by atoms with Crippen molar-refractivity contribution in [2.75, 3.05) is 20.2 Å². The largest absolute Gasteiger partial charge is 0.465 e. The molecule has 0 saturated carbocycles. The number of nitrogens with one attached hydrogen (secondary N) is 2. The third kappa shape index (κ3) is 5.59. The van der Waals surface area contributed by atoms with Crippen LogP contribution in [-0.2, 0) is 16.9 Å². The number of esters is 1. The fourth-order valence-corrected chi connectivity index (χ4v) is 2.59. The van der Waals surface area contributed by atoms with E-state index < -0.39 is 11.6 Å². The average molecular weight is 373 g/mol. The number of nitrogens with zero attached hydrogens (tertiary/aromatic N) is 1. The zero-order valence-corrected chi connectivity index (χ0v) is 16.2. The first-order valence-corrected chi connectivity index (χ1v) is 8.85. The topological polar surface area (TPSA) is 96.1 Å². The summed E-state index contributed by atoms with van der Waals surface area (Å²) in [5, 5.41) is 17.0. The number of aryl methyl sites for hydroxylation is 1. The number of hydrogen-bond donors (Lipinski definition) is 3. The predicted molar refractivity (Wildman–Crippen MR) is 104 cm³/mol. The first kappa shape index (κ1) is 20.5. The van der Waals surface area contributed by atoms with Gasteiger partial charge in [-0.1, -0.05) is 30.3 Å². The Morgan fingerprint density at radius 2 is 2.00 bits per heavy atom. The van der Waals surface area contributed by atoms with Crippen LogP contribution >= 0.6 is 0 Å². The van der Waals surface area contributed by atoms with Crippen molar-refractivity contribution in [3.05, 3.63) is 59.0 Å². The maximum absolute atomic E-state index is 11.7. The van der Waals surface area contributed by atoms with Crippen LogP contribution in [0, 0.1) is 6.92 Å². The molecule has 1 heterocycles. The van der Waals surface area contributed by atoms with Crippen LogP contribution in [-0.4, -0.2) is 37.2 Å². The van der Waals surface area contributed by atoms with E-state index in [0.29, 0.717) is 29.6 Å².